The number of nitrogens with two attached hydrogens (primary N) is 1. The Hall–Kier alpha value is -0.0800. The van der Waals surface area contributed by atoms with Crippen molar-refractivity contribution in [2.75, 3.05) is 20.6 Å². The highest BCUT2D eigenvalue weighted by Crippen LogP contribution is 1.66. The van der Waals surface area contributed by atoms with Gasteiger partial charge in [0.05, 0.1) is 19.6 Å². The van der Waals surface area contributed by atoms with Crippen LogP contribution >= 0.6 is 0 Å². The molecule has 0 aromatic heterocycles. The molecule has 0 saturated carbocycles. The van der Waals surface area contributed by atoms with Crippen molar-refractivity contribution >= 4 is 0 Å². The van der Waals surface area contributed by atoms with Crippen LogP contribution in [-0.2, 0) is 0 Å². The lowest BCUT2D eigenvalue weighted by Crippen LogP contribution is -2.82. The molecule has 2 heteroatoms. The Labute approximate surface area is 45.3 Å². The van der Waals surface area contributed by atoms with Crippen LogP contribution in [0.5, 0.6) is 0 Å². The van der Waals surface area contributed by atoms with Crippen molar-refractivity contribution in [1.29, 1.82) is 0 Å². The lowest BCUT2D eigenvalue weighted by Gasteiger charge is -2.03. The molecule has 0 radical (unpaired) electrons. The van der Waals surface area contributed by atoms with Crippen LogP contribution in [0.1, 0.15) is 6.92 Å². The van der Waals surface area contributed by atoms with Crippen LogP contribution < -0.4 is 10.6 Å². The molecule has 0 aromatic rings. The van der Waals surface area contributed by atoms with Crippen LogP contribution in [0.4, 0.5) is 0 Å². The van der Waals surface area contributed by atoms with E-state index in [0.29, 0.717) is 6.04 Å². The Bertz CT molecular complexity index is 37.1. The average molecular weight is 103 g/mol. The van der Waals surface area contributed by atoms with Crippen molar-refractivity contribution in [3.05, 3.63) is 0 Å². The summed E-state index contributed by atoms with van der Waals surface area (Å²) in [5, 5.41) is 5.30. The summed E-state index contributed by atoms with van der Waals surface area (Å²) >= 11 is 0. The third-order valence-electron chi connectivity index (χ3n) is 1.08. The van der Waals surface area contributed by atoms with Crippen LogP contribution in [0.2, 0.25) is 0 Å². The number of likely N-dealkylation sites (N-methyl/N-ethyl adjacent to an activating group) is 2. The molecule has 0 spiro atoms. The maximum absolute atomic E-state index is 3.13. The summed E-state index contributed by atoms with van der Waals surface area (Å²) in [7, 11) is 4.06. The van der Waals surface area contributed by atoms with Gasteiger partial charge in [-0.05, 0) is 14.0 Å². The molecule has 2 nitrogen and oxygen atoms in total. The van der Waals surface area contributed by atoms with Gasteiger partial charge in [0.15, 0.2) is 0 Å². The molecule has 0 fully saturated rings. The monoisotopic (exact) mass is 103 g/mol. The number of hydrogen-bond donors (Lipinski definition) is 2. The SMILES string of the molecule is CNC(C)C[NH2+]C. The van der Waals surface area contributed by atoms with E-state index in [1.54, 1.807) is 0 Å². The van der Waals surface area contributed by atoms with Crippen molar-refractivity contribution < 1.29 is 5.32 Å². The first-order valence-electron chi connectivity index (χ1n) is 2.76. The summed E-state index contributed by atoms with van der Waals surface area (Å²) in [4.78, 5) is 0. The van der Waals surface area contributed by atoms with E-state index in [-0.39, 0.29) is 0 Å². The summed E-state index contributed by atoms with van der Waals surface area (Å²) in [6, 6.07) is 0.644. The van der Waals surface area contributed by atoms with E-state index in [4.69, 9.17) is 0 Å². The van der Waals surface area contributed by atoms with Crippen molar-refractivity contribution in [3.63, 3.8) is 0 Å². The molecule has 0 aliphatic carbocycles. The number of rotatable bonds is 3. The van der Waals surface area contributed by atoms with Crippen LogP contribution in [-0.4, -0.2) is 26.7 Å². The Balaban J connectivity index is 2.83. The molecule has 0 heterocycles. The fourth-order valence-corrected chi connectivity index (χ4v) is 0.471. The second-order valence-electron chi connectivity index (χ2n) is 1.83. The second-order valence-corrected chi connectivity index (χ2v) is 1.83. The summed E-state index contributed by atoms with van der Waals surface area (Å²) < 4.78 is 0. The van der Waals surface area contributed by atoms with Gasteiger partial charge in [-0.2, -0.15) is 0 Å². The lowest BCUT2D eigenvalue weighted by molar-refractivity contribution is -0.628. The lowest BCUT2D eigenvalue weighted by atomic mass is 10.3. The molecule has 0 aromatic carbocycles. The Kier molecular flexibility index (Phi) is 4.04. The van der Waals surface area contributed by atoms with E-state index >= 15 is 0 Å². The minimum atomic E-state index is 0.644. The van der Waals surface area contributed by atoms with Crippen molar-refractivity contribution in [2.24, 2.45) is 0 Å². The molecule has 44 valence electrons. The normalized spacial score (nSPS) is 14.1. The van der Waals surface area contributed by atoms with Crippen molar-refractivity contribution in [2.45, 2.75) is 13.0 Å². The third kappa shape index (κ3) is 3.76. The Morgan fingerprint density at radius 2 is 2.29 bits per heavy atom. The average Bonchev–Trinajstić information content (AvgIpc) is 1.68. The molecular formula is C5H15N2+. The van der Waals surface area contributed by atoms with Gasteiger partial charge in [-0.15, -0.1) is 0 Å². The van der Waals surface area contributed by atoms with Gasteiger partial charge >= 0.3 is 0 Å². The van der Waals surface area contributed by atoms with E-state index in [2.05, 4.69) is 24.6 Å². The van der Waals surface area contributed by atoms with Crippen LogP contribution in [0.15, 0.2) is 0 Å². The molecule has 0 amide bonds. The maximum atomic E-state index is 3.13. The van der Waals surface area contributed by atoms with Crippen LogP contribution in [0.3, 0.4) is 0 Å². The van der Waals surface area contributed by atoms with Gasteiger partial charge in [0, 0.05) is 0 Å². The van der Waals surface area contributed by atoms with E-state index in [1.807, 2.05) is 7.05 Å². The number of hydrogen-bond acceptors (Lipinski definition) is 1. The predicted octanol–water partition coefficient (Wildman–Crippen LogP) is -1.21. The molecule has 0 saturated heterocycles. The van der Waals surface area contributed by atoms with Gasteiger partial charge < -0.3 is 10.6 Å². The first kappa shape index (κ1) is 6.92. The zero-order valence-corrected chi connectivity index (χ0v) is 5.36. The van der Waals surface area contributed by atoms with Gasteiger partial charge in [-0.1, -0.05) is 0 Å². The highest BCUT2D eigenvalue weighted by atomic mass is 14.9. The standard InChI is InChI=1S/C5H14N2/c1-5(7-3)4-6-2/h5-7H,4H2,1-3H3/p+1. The van der Waals surface area contributed by atoms with Gasteiger partial charge in [-0.25, -0.2) is 0 Å². The van der Waals surface area contributed by atoms with E-state index < -0.39 is 0 Å². The molecule has 1 atom stereocenters. The fraction of sp³-hybridized carbons (Fsp3) is 1.00. The molecule has 0 aliphatic rings. The molecule has 0 bridgehead atoms. The fourth-order valence-electron chi connectivity index (χ4n) is 0.471. The topological polar surface area (TPSA) is 28.6 Å². The molecule has 7 heavy (non-hydrogen) atoms. The maximum Gasteiger partial charge on any atom is 0.0906 e. The summed E-state index contributed by atoms with van der Waals surface area (Å²) in [6.45, 7) is 3.33. The van der Waals surface area contributed by atoms with Crippen molar-refractivity contribution in [1.82, 2.24) is 5.32 Å². The summed E-state index contributed by atoms with van der Waals surface area (Å²) in [5.41, 5.74) is 0. The quantitative estimate of drug-likeness (QED) is 0.461. The van der Waals surface area contributed by atoms with E-state index in [9.17, 15) is 0 Å². The highest BCUT2D eigenvalue weighted by Gasteiger charge is 1.93. The predicted molar refractivity (Wildman–Crippen MR) is 31.2 cm³/mol. The zero-order valence-electron chi connectivity index (χ0n) is 5.36. The van der Waals surface area contributed by atoms with Gasteiger partial charge in [0.2, 0.25) is 0 Å². The highest BCUT2D eigenvalue weighted by molar-refractivity contribution is 4.49. The second kappa shape index (κ2) is 4.09. The van der Waals surface area contributed by atoms with E-state index in [0.717, 1.165) is 6.54 Å². The minimum absolute atomic E-state index is 0.644. The van der Waals surface area contributed by atoms with E-state index in [1.165, 1.54) is 0 Å². The first-order valence-corrected chi connectivity index (χ1v) is 2.76. The summed E-state index contributed by atoms with van der Waals surface area (Å²) in [6.07, 6.45) is 0. The first-order chi connectivity index (χ1) is 3.31. The third-order valence-corrected chi connectivity index (χ3v) is 1.08. The van der Waals surface area contributed by atoms with Gasteiger partial charge in [-0.3, -0.25) is 0 Å². The van der Waals surface area contributed by atoms with Crippen molar-refractivity contribution in [3.8, 4) is 0 Å². The number of quaternary nitrogens is 1. The van der Waals surface area contributed by atoms with Gasteiger partial charge in [0.1, 0.15) is 0 Å². The molecule has 0 rings (SSSR count). The Morgan fingerprint density at radius 1 is 1.71 bits per heavy atom. The molecule has 3 N–H and O–H groups in total. The molecule has 0 aliphatic heterocycles. The number of nitrogens with one attached hydrogen (secondary N) is 1. The smallest absolute Gasteiger partial charge is 0.0906 e. The zero-order chi connectivity index (χ0) is 5.70. The largest absolute Gasteiger partial charge is 0.347 e. The van der Waals surface area contributed by atoms with Gasteiger partial charge in [0.25, 0.3) is 0 Å². The molecule has 1 unspecified atom stereocenters. The Morgan fingerprint density at radius 3 is 2.43 bits per heavy atom. The van der Waals surface area contributed by atoms with Crippen LogP contribution in [0.25, 0.3) is 0 Å². The van der Waals surface area contributed by atoms with Crippen LogP contribution in [0, 0.1) is 0 Å². The minimum Gasteiger partial charge on any atom is -0.347 e. The summed E-state index contributed by atoms with van der Waals surface area (Å²) in [5.74, 6) is 0. The molecular weight excluding hydrogens is 88.1 g/mol.